The van der Waals surface area contributed by atoms with Gasteiger partial charge in [0.1, 0.15) is 5.69 Å². The summed E-state index contributed by atoms with van der Waals surface area (Å²) in [7, 11) is 0. The number of cyclic esters (lactones) is 2. The number of esters is 2. The summed E-state index contributed by atoms with van der Waals surface area (Å²) < 4.78 is 53.7. The highest BCUT2D eigenvalue weighted by molar-refractivity contribution is 6.37. The van der Waals surface area contributed by atoms with Gasteiger partial charge >= 0.3 is 18.1 Å². The summed E-state index contributed by atoms with van der Waals surface area (Å²) in [5, 5.41) is 2.52. The standard InChI is InChI=1S/C19H13Cl2F3N2O5/c1-18(2)30-16(27)10(17(28)31-18)8-25-9-6-11(20)15(12(21)7-9)29-14-5-3-4-13(26-14)19(22,23)24/h3-8,25H,1-2H3. The van der Waals surface area contributed by atoms with E-state index >= 15 is 0 Å². The van der Waals surface area contributed by atoms with Crippen LogP contribution in [0.25, 0.3) is 0 Å². The molecule has 1 aromatic heterocycles. The van der Waals surface area contributed by atoms with Crippen LogP contribution in [-0.4, -0.2) is 22.7 Å². The fraction of sp³-hybridized carbons (Fsp3) is 0.211. The van der Waals surface area contributed by atoms with Crippen LogP contribution in [0.2, 0.25) is 10.0 Å². The number of carbonyl (C=O) groups is 2. The third-order valence-electron chi connectivity index (χ3n) is 3.72. The van der Waals surface area contributed by atoms with E-state index in [9.17, 15) is 22.8 Å². The van der Waals surface area contributed by atoms with Crippen molar-refractivity contribution in [1.82, 2.24) is 4.98 Å². The molecule has 1 saturated heterocycles. The molecule has 2 aromatic rings. The van der Waals surface area contributed by atoms with E-state index in [2.05, 4.69) is 10.3 Å². The van der Waals surface area contributed by atoms with Crippen LogP contribution in [0.4, 0.5) is 18.9 Å². The van der Waals surface area contributed by atoms with Crippen molar-refractivity contribution in [1.29, 1.82) is 0 Å². The summed E-state index contributed by atoms with van der Waals surface area (Å²) >= 11 is 12.3. The highest BCUT2D eigenvalue weighted by atomic mass is 35.5. The fourth-order valence-electron chi connectivity index (χ4n) is 2.41. The first-order chi connectivity index (χ1) is 14.4. The predicted molar refractivity (Wildman–Crippen MR) is 104 cm³/mol. The van der Waals surface area contributed by atoms with Crippen molar-refractivity contribution in [3.05, 3.63) is 57.8 Å². The molecular weight excluding hydrogens is 464 g/mol. The van der Waals surface area contributed by atoms with Gasteiger partial charge in [-0.15, -0.1) is 0 Å². The van der Waals surface area contributed by atoms with Gasteiger partial charge in [0.2, 0.25) is 5.88 Å². The largest absolute Gasteiger partial charge is 0.436 e. The van der Waals surface area contributed by atoms with Gasteiger partial charge in [-0.2, -0.15) is 13.2 Å². The zero-order valence-corrected chi connectivity index (χ0v) is 17.4. The molecule has 12 heteroatoms. The average molecular weight is 477 g/mol. The van der Waals surface area contributed by atoms with Crippen LogP contribution in [0.3, 0.4) is 0 Å². The van der Waals surface area contributed by atoms with E-state index in [1.807, 2.05) is 0 Å². The molecular formula is C19H13Cl2F3N2O5. The van der Waals surface area contributed by atoms with Crippen LogP contribution in [0.5, 0.6) is 11.6 Å². The molecule has 1 N–H and O–H groups in total. The van der Waals surface area contributed by atoms with E-state index in [-0.39, 0.29) is 32.9 Å². The van der Waals surface area contributed by atoms with Crippen molar-refractivity contribution in [3.63, 3.8) is 0 Å². The van der Waals surface area contributed by atoms with Gasteiger partial charge in [0, 0.05) is 31.8 Å². The van der Waals surface area contributed by atoms with Crippen molar-refractivity contribution >= 4 is 40.8 Å². The average Bonchev–Trinajstić information content (AvgIpc) is 2.62. The molecule has 0 spiro atoms. The third kappa shape index (κ3) is 5.39. The highest BCUT2D eigenvalue weighted by Crippen LogP contribution is 2.39. The van der Waals surface area contributed by atoms with Crippen LogP contribution in [0.15, 0.2) is 42.1 Å². The van der Waals surface area contributed by atoms with Crippen LogP contribution in [-0.2, 0) is 25.2 Å². The number of ether oxygens (including phenoxy) is 3. The zero-order valence-electron chi connectivity index (χ0n) is 15.8. The lowest BCUT2D eigenvalue weighted by Crippen LogP contribution is -2.42. The summed E-state index contributed by atoms with van der Waals surface area (Å²) in [6.45, 7) is 2.81. The van der Waals surface area contributed by atoms with Gasteiger partial charge in [0.05, 0.1) is 10.0 Å². The molecule has 0 bridgehead atoms. The Morgan fingerprint density at radius 2 is 1.68 bits per heavy atom. The van der Waals surface area contributed by atoms with Gasteiger partial charge in [-0.25, -0.2) is 14.6 Å². The van der Waals surface area contributed by atoms with E-state index in [0.29, 0.717) is 0 Å². The molecule has 0 radical (unpaired) electrons. The first kappa shape index (κ1) is 22.7. The normalized spacial score (nSPS) is 15.8. The molecule has 0 saturated carbocycles. The molecule has 1 aliphatic heterocycles. The van der Waals surface area contributed by atoms with Gasteiger partial charge in [-0.05, 0) is 18.2 Å². The monoisotopic (exact) mass is 476 g/mol. The van der Waals surface area contributed by atoms with Crippen molar-refractivity contribution in [3.8, 4) is 11.6 Å². The van der Waals surface area contributed by atoms with E-state index in [4.69, 9.17) is 37.4 Å². The Balaban J connectivity index is 1.80. The van der Waals surface area contributed by atoms with Gasteiger partial charge in [0.15, 0.2) is 11.3 Å². The number of carbonyl (C=O) groups excluding carboxylic acids is 2. The molecule has 2 heterocycles. The number of aromatic nitrogens is 1. The van der Waals surface area contributed by atoms with Crippen LogP contribution in [0.1, 0.15) is 19.5 Å². The first-order valence-corrected chi connectivity index (χ1v) is 9.26. The number of rotatable bonds is 4. The minimum absolute atomic E-state index is 0.0671. The third-order valence-corrected chi connectivity index (χ3v) is 4.28. The molecule has 164 valence electrons. The van der Waals surface area contributed by atoms with E-state index in [1.54, 1.807) is 0 Å². The van der Waals surface area contributed by atoms with Gasteiger partial charge in [-0.3, -0.25) is 0 Å². The molecule has 1 aliphatic rings. The second-order valence-corrected chi connectivity index (χ2v) is 7.43. The molecule has 1 fully saturated rings. The van der Waals surface area contributed by atoms with Crippen molar-refractivity contribution in [2.45, 2.75) is 25.8 Å². The van der Waals surface area contributed by atoms with Gasteiger partial charge in [0.25, 0.3) is 5.79 Å². The smallest absolute Gasteiger partial charge is 0.433 e. The topological polar surface area (TPSA) is 86.8 Å². The molecule has 3 rings (SSSR count). The first-order valence-electron chi connectivity index (χ1n) is 8.50. The SMILES string of the molecule is CC1(C)OC(=O)C(=CNc2cc(Cl)c(Oc3cccc(C(F)(F)F)n3)c(Cl)c2)C(=O)O1. The number of nitrogens with zero attached hydrogens (tertiary/aromatic N) is 1. The molecule has 7 nitrogen and oxygen atoms in total. The number of alkyl halides is 3. The van der Waals surface area contributed by atoms with E-state index < -0.39 is 29.6 Å². The Morgan fingerprint density at radius 1 is 1.10 bits per heavy atom. The second kappa shape index (κ2) is 8.27. The van der Waals surface area contributed by atoms with Crippen LogP contribution in [0, 0.1) is 0 Å². The number of hydrogen-bond acceptors (Lipinski definition) is 7. The zero-order chi connectivity index (χ0) is 23.0. The quantitative estimate of drug-likeness (QED) is 0.362. The minimum Gasteiger partial charge on any atom is -0.436 e. The molecule has 0 unspecified atom stereocenters. The lowest BCUT2D eigenvalue weighted by molar-refractivity contribution is -0.222. The highest BCUT2D eigenvalue weighted by Gasteiger charge is 2.39. The number of anilines is 1. The molecule has 0 amide bonds. The Labute approximate surface area is 183 Å². The van der Waals surface area contributed by atoms with Crippen molar-refractivity contribution < 1.29 is 37.0 Å². The van der Waals surface area contributed by atoms with E-state index in [0.717, 1.165) is 18.3 Å². The summed E-state index contributed by atoms with van der Waals surface area (Å²) in [4.78, 5) is 27.3. The maximum absolute atomic E-state index is 12.8. The summed E-state index contributed by atoms with van der Waals surface area (Å²) in [6.07, 6.45) is -3.60. The number of halogens is 5. The lowest BCUT2D eigenvalue weighted by atomic mass is 10.2. The summed E-state index contributed by atoms with van der Waals surface area (Å²) in [6, 6.07) is 5.76. The summed E-state index contributed by atoms with van der Waals surface area (Å²) in [5.74, 6) is -3.65. The Kier molecular flexibility index (Phi) is 6.06. The van der Waals surface area contributed by atoms with Crippen LogP contribution >= 0.6 is 23.2 Å². The second-order valence-electron chi connectivity index (χ2n) is 6.61. The Morgan fingerprint density at radius 3 is 2.23 bits per heavy atom. The lowest BCUT2D eigenvalue weighted by Gasteiger charge is -2.29. The van der Waals surface area contributed by atoms with Crippen molar-refractivity contribution in [2.24, 2.45) is 0 Å². The van der Waals surface area contributed by atoms with E-state index in [1.165, 1.54) is 32.0 Å². The number of nitrogens with one attached hydrogen (secondary N) is 1. The Bertz CT molecular complexity index is 1040. The maximum atomic E-state index is 12.8. The molecule has 1 aromatic carbocycles. The number of pyridine rings is 1. The van der Waals surface area contributed by atoms with Gasteiger partial charge in [-0.1, -0.05) is 29.3 Å². The predicted octanol–water partition coefficient (Wildman–Crippen LogP) is 5.33. The molecule has 0 aliphatic carbocycles. The summed E-state index contributed by atoms with van der Waals surface area (Å²) in [5.41, 5.74) is -1.28. The number of benzene rings is 1. The maximum Gasteiger partial charge on any atom is 0.433 e. The molecule has 0 atom stereocenters. The van der Waals surface area contributed by atoms with Crippen molar-refractivity contribution in [2.75, 3.05) is 5.32 Å². The minimum atomic E-state index is -4.65. The van der Waals surface area contributed by atoms with Gasteiger partial charge < -0.3 is 19.5 Å². The fourth-order valence-corrected chi connectivity index (χ4v) is 2.97. The Hall–Kier alpha value is -2.98. The molecule has 31 heavy (non-hydrogen) atoms. The van der Waals surface area contributed by atoms with Crippen LogP contribution < -0.4 is 10.1 Å². The number of hydrogen-bond donors (Lipinski definition) is 1.